The van der Waals surface area contributed by atoms with Crippen LogP contribution in [0.3, 0.4) is 0 Å². The quantitative estimate of drug-likeness (QED) is 0.744. The van der Waals surface area contributed by atoms with Crippen LogP contribution in [0.25, 0.3) is 0 Å². The van der Waals surface area contributed by atoms with Crippen LogP contribution in [0.2, 0.25) is 0 Å². The zero-order valence-corrected chi connectivity index (χ0v) is 14.1. The van der Waals surface area contributed by atoms with Crippen molar-refractivity contribution in [1.29, 1.82) is 0 Å². The number of carboxylic acid groups (broad SMARTS) is 1. The van der Waals surface area contributed by atoms with Gasteiger partial charge < -0.3 is 19.9 Å². The summed E-state index contributed by atoms with van der Waals surface area (Å²) in [6.45, 7) is 2.46. The minimum Gasteiger partial charge on any atom is -0.478 e. The molecule has 0 saturated carbocycles. The average Bonchev–Trinajstić information content (AvgIpc) is 2.61. The molecule has 0 heterocycles. The topological polar surface area (TPSA) is 84.9 Å². The molecule has 1 amide bonds. The van der Waals surface area contributed by atoms with Crippen molar-refractivity contribution in [1.82, 2.24) is 0 Å². The molecule has 1 aliphatic rings. The number of carbonyl (C=O) groups excluding carboxylic acids is 1. The highest BCUT2D eigenvalue weighted by molar-refractivity contribution is 6.04. The number of anilines is 1. The molecule has 0 saturated heterocycles. The highest BCUT2D eigenvalue weighted by Crippen LogP contribution is 2.18. The molecule has 6 nitrogen and oxygen atoms in total. The molecule has 0 spiro atoms. The third kappa shape index (κ3) is 5.14. The van der Waals surface area contributed by atoms with E-state index in [0.29, 0.717) is 6.61 Å². The lowest BCUT2D eigenvalue weighted by Gasteiger charge is -2.24. The number of methoxy groups -OCH3 is 1. The SMILES string of the molecule is CCOC1C=C(/C=C/C(=O)Nc2ccccc2C(=O)O)C=CC1OC. The molecule has 2 N–H and O–H groups in total. The Hall–Kier alpha value is -2.70. The summed E-state index contributed by atoms with van der Waals surface area (Å²) in [6, 6.07) is 6.25. The van der Waals surface area contributed by atoms with Gasteiger partial charge in [0.2, 0.25) is 5.91 Å². The molecular weight excluding hydrogens is 322 g/mol. The first-order valence-corrected chi connectivity index (χ1v) is 7.91. The van der Waals surface area contributed by atoms with Gasteiger partial charge in [-0.1, -0.05) is 24.3 Å². The molecule has 1 aromatic carbocycles. The molecule has 1 aliphatic carbocycles. The van der Waals surface area contributed by atoms with Gasteiger partial charge in [-0.25, -0.2) is 4.79 Å². The molecule has 25 heavy (non-hydrogen) atoms. The van der Waals surface area contributed by atoms with Crippen LogP contribution in [0, 0.1) is 0 Å². The first-order chi connectivity index (χ1) is 12.0. The van der Waals surface area contributed by atoms with Crippen LogP contribution >= 0.6 is 0 Å². The Morgan fingerprint density at radius 3 is 2.72 bits per heavy atom. The van der Waals surface area contributed by atoms with E-state index in [2.05, 4.69) is 5.32 Å². The van der Waals surface area contributed by atoms with E-state index in [9.17, 15) is 9.59 Å². The minimum absolute atomic E-state index is 0.0420. The van der Waals surface area contributed by atoms with Crippen LogP contribution in [0.5, 0.6) is 0 Å². The van der Waals surface area contributed by atoms with E-state index in [1.165, 1.54) is 12.1 Å². The maximum absolute atomic E-state index is 12.1. The number of para-hydroxylation sites is 1. The van der Waals surface area contributed by atoms with Crippen molar-refractivity contribution >= 4 is 17.6 Å². The van der Waals surface area contributed by atoms with Gasteiger partial charge >= 0.3 is 5.97 Å². The minimum atomic E-state index is -1.09. The van der Waals surface area contributed by atoms with Crippen molar-refractivity contribution in [2.75, 3.05) is 19.0 Å². The third-order valence-corrected chi connectivity index (χ3v) is 3.63. The van der Waals surface area contributed by atoms with Gasteiger partial charge in [0.25, 0.3) is 0 Å². The molecule has 2 rings (SSSR count). The summed E-state index contributed by atoms with van der Waals surface area (Å²) in [7, 11) is 1.61. The number of nitrogens with one attached hydrogen (secondary N) is 1. The number of carbonyl (C=O) groups is 2. The summed E-state index contributed by atoms with van der Waals surface area (Å²) in [5, 5.41) is 11.7. The number of rotatable bonds is 7. The summed E-state index contributed by atoms with van der Waals surface area (Å²) in [5.41, 5.74) is 1.11. The Morgan fingerprint density at radius 2 is 2.04 bits per heavy atom. The standard InChI is InChI=1S/C19H21NO5/c1-3-25-17-12-13(8-10-16(17)24-2)9-11-18(21)20-15-7-5-4-6-14(15)19(22)23/h4-12,16-17H,3H2,1-2H3,(H,20,21)(H,22,23)/b11-9+. The van der Waals surface area contributed by atoms with Gasteiger partial charge in [-0.3, -0.25) is 4.79 Å². The number of hydrogen-bond donors (Lipinski definition) is 2. The number of carboxylic acids is 1. The summed E-state index contributed by atoms with van der Waals surface area (Å²) in [4.78, 5) is 23.2. The number of allylic oxidation sites excluding steroid dienone is 3. The van der Waals surface area contributed by atoms with E-state index in [4.69, 9.17) is 14.6 Å². The maximum atomic E-state index is 12.1. The molecule has 0 fully saturated rings. The highest BCUT2D eigenvalue weighted by atomic mass is 16.5. The second kappa shape index (κ2) is 8.96. The normalized spacial score (nSPS) is 19.7. The fraction of sp³-hybridized carbons (Fsp3) is 0.263. The van der Waals surface area contributed by atoms with E-state index in [-0.39, 0.29) is 23.5 Å². The Kier molecular flexibility index (Phi) is 6.68. The van der Waals surface area contributed by atoms with Crippen LogP contribution in [0.4, 0.5) is 5.69 Å². The van der Waals surface area contributed by atoms with Crippen LogP contribution in [0.1, 0.15) is 17.3 Å². The summed E-state index contributed by atoms with van der Waals surface area (Å²) >= 11 is 0. The van der Waals surface area contributed by atoms with Gasteiger partial charge in [-0.05, 0) is 36.8 Å². The van der Waals surface area contributed by atoms with Gasteiger partial charge in [-0.2, -0.15) is 0 Å². The number of amides is 1. The summed E-state index contributed by atoms with van der Waals surface area (Å²) in [5.74, 6) is -1.51. The molecule has 2 unspecified atom stereocenters. The number of aromatic carboxylic acids is 1. The second-order valence-electron chi connectivity index (χ2n) is 5.32. The molecule has 1 aromatic rings. The molecule has 2 atom stereocenters. The van der Waals surface area contributed by atoms with Crippen molar-refractivity contribution in [3.8, 4) is 0 Å². The predicted molar refractivity (Wildman–Crippen MR) is 94.6 cm³/mol. The van der Waals surface area contributed by atoms with Crippen LogP contribution in [-0.2, 0) is 14.3 Å². The van der Waals surface area contributed by atoms with Gasteiger partial charge in [0, 0.05) is 19.8 Å². The van der Waals surface area contributed by atoms with E-state index >= 15 is 0 Å². The lowest BCUT2D eigenvalue weighted by Crippen LogP contribution is -2.29. The number of benzene rings is 1. The van der Waals surface area contributed by atoms with E-state index in [1.54, 1.807) is 31.4 Å². The van der Waals surface area contributed by atoms with E-state index in [1.807, 2.05) is 25.2 Å². The first kappa shape index (κ1) is 18.6. The van der Waals surface area contributed by atoms with Crippen molar-refractivity contribution in [2.45, 2.75) is 19.1 Å². The predicted octanol–water partition coefficient (Wildman–Crippen LogP) is 2.80. The third-order valence-electron chi connectivity index (χ3n) is 3.63. The molecule has 0 aromatic heterocycles. The van der Waals surface area contributed by atoms with E-state index in [0.717, 1.165) is 5.57 Å². The Morgan fingerprint density at radius 1 is 1.28 bits per heavy atom. The Labute approximate surface area is 146 Å². The lowest BCUT2D eigenvalue weighted by atomic mass is 10.0. The van der Waals surface area contributed by atoms with Crippen LogP contribution in [0.15, 0.2) is 60.2 Å². The number of hydrogen-bond acceptors (Lipinski definition) is 4. The number of ether oxygens (including phenoxy) is 2. The maximum Gasteiger partial charge on any atom is 0.337 e. The smallest absolute Gasteiger partial charge is 0.337 e. The van der Waals surface area contributed by atoms with Crippen molar-refractivity contribution < 1.29 is 24.2 Å². The van der Waals surface area contributed by atoms with Crippen molar-refractivity contribution in [2.24, 2.45) is 0 Å². The molecule has 0 radical (unpaired) electrons. The van der Waals surface area contributed by atoms with Crippen molar-refractivity contribution in [3.63, 3.8) is 0 Å². The van der Waals surface area contributed by atoms with Gasteiger partial charge in [-0.15, -0.1) is 0 Å². The lowest BCUT2D eigenvalue weighted by molar-refractivity contribution is -0.111. The van der Waals surface area contributed by atoms with Crippen molar-refractivity contribution in [3.05, 3.63) is 65.8 Å². The van der Waals surface area contributed by atoms with Gasteiger partial charge in [0.15, 0.2) is 0 Å². The first-order valence-electron chi connectivity index (χ1n) is 7.91. The zero-order chi connectivity index (χ0) is 18.2. The molecular formula is C19H21NO5. The average molecular weight is 343 g/mol. The molecule has 6 heteroatoms. The Bertz CT molecular complexity index is 720. The second-order valence-corrected chi connectivity index (χ2v) is 5.32. The molecule has 132 valence electrons. The molecule has 0 bridgehead atoms. The van der Waals surface area contributed by atoms with Crippen LogP contribution < -0.4 is 5.32 Å². The highest BCUT2D eigenvalue weighted by Gasteiger charge is 2.20. The van der Waals surface area contributed by atoms with Crippen LogP contribution in [-0.4, -0.2) is 42.9 Å². The van der Waals surface area contributed by atoms with Gasteiger partial charge in [0.05, 0.1) is 11.3 Å². The molecule has 0 aliphatic heterocycles. The van der Waals surface area contributed by atoms with Gasteiger partial charge in [0.1, 0.15) is 12.2 Å². The van der Waals surface area contributed by atoms with E-state index < -0.39 is 11.9 Å². The fourth-order valence-corrected chi connectivity index (χ4v) is 2.44. The summed E-state index contributed by atoms with van der Waals surface area (Å²) in [6.07, 6.45) is 8.23. The Balaban J connectivity index is 2.05. The zero-order valence-electron chi connectivity index (χ0n) is 14.1. The fourth-order valence-electron chi connectivity index (χ4n) is 2.44. The monoisotopic (exact) mass is 343 g/mol. The summed E-state index contributed by atoms with van der Waals surface area (Å²) < 4.78 is 10.9. The largest absolute Gasteiger partial charge is 0.478 e.